The highest BCUT2D eigenvalue weighted by Gasteiger charge is 2.34. The van der Waals surface area contributed by atoms with E-state index in [1.807, 2.05) is 55.5 Å². The molecule has 0 aromatic heterocycles. The molecule has 1 fully saturated rings. The summed E-state index contributed by atoms with van der Waals surface area (Å²) in [6.45, 7) is 2.25. The molecule has 0 bridgehead atoms. The van der Waals surface area contributed by atoms with Gasteiger partial charge in [-0.3, -0.25) is 13.9 Å². The number of carbonyl (C=O) groups is 3. The number of amides is 2. The lowest BCUT2D eigenvalue weighted by Gasteiger charge is -2.31. The van der Waals surface area contributed by atoms with Crippen LogP contribution in [0.25, 0.3) is 0 Å². The summed E-state index contributed by atoms with van der Waals surface area (Å²) in [4.78, 5) is 39.7. The van der Waals surface area contributed by atoms with E-state index in [1.165, 1.54) is 25.2 Å². The molecule has 4 rings (SSSR count). The Morgan fingerprint density at radius 3 is 2.11 bits per heavy atom. The van der Waals surface area contributed by atoms with Gasteiger partial charge in [-0.25, -0.2) is 13.2 Å². The van der Waals surface area contributed by atoms with Crippen LogP contribution in [-0.4, -0.2) is 69.7 Å². The highest BCUT2D eigenvalue weighted by atomic mass is 32.2. The zero-order valence-electron chi connectivity index (χ0n) is 25.5. The quantitative estimate of drug-likeness (QED) is 0.255. The van der Waals surface area contributed by atoms with E-state index in [-0.39, 0.29) is 29.3 Å². The third-order valence-corrected chi connectivity index (χ3v) is 8.82. The standard InChI is InChI=1S/C33H39N3O8S/c1-22(24-14-8-5-9-15-24)34-31(37)25-19-26(21-27(20-25)36(2)45(3,41)42)32(38)35-28(18-23-12-6-4-7-13-23)30(33(39)40)44-29-16-10-11-17-43-29/h4-9,12-15,19-22,28-30H,10-11,16-18H2,1-3H3,(H,34,37)(H,35,38)(H,39,40)/t22-,28+,29?,30-/m1/s1. The van der Waals surface area contributed by atoms with Gasteiger partial charge in [-0.1, -0.05) is 60.7 Å². The van der Waals surface area contributed by atoms with Crippen molar-refractivity contribution < 1.29 is 37.4 Å². The Morgan fingerprint density at radius 1 is 0.956 bits per heavy atom. The highest BCUT2D eigenvalue weighted by molar-refractivity contribution is 7.92. The molecule has 12 heteroatoms. The summed E-state index contributed by atoms with van der Waals surface area (Å²) in [5.74, 6) is -2.50. The zero-order chi connectivity index (χ0) is 32.6. The minimum atomic E-state index is -3.75. The van der Waals surface area contributed by atoms with E-state index < -0.39 is 46.2 Å². The summed E-state index contributed by atoms with van der Waals surface area (Å²) >= 11 is 0. The van der Waals surface area contributed by atoms with Gasteiger partial charge in [-0.2, -0.15) is 0 Å². The predicted octanol–water partition coefficient (Wildman–Crippen LogP) is 3.91. The first-order valence-corrected chi connectivity index (χ1v) is 16.6. The van der Waals surface area contributed by atoms with E-state index in [0.717, 1.165) is 34.5 Å². The molecule has 3 aromatic carbocycles. The molecule has 2 amide bonds. The second-order valence-corrected chi connectivity index (χ2v) is 13.1. The molecule has 0 aliphatic carbocycles. The number of ether oxygens (including phenoxy) is 2. The van der Waals surface area contributed by atoms with Crippen molar-refractivity contribution in [3.05, 3.63) is 101 Å². The van der Waals surface area contributed by atoms with E-state index in [0.29, 0.717) is 13.0 Å². The maximum atomic E-state index is 13.8. The number of nitrogens with one attached hydrogen (secondary N) is 2. The molecule has 3 N–H and O–H groups in total. The number of carboxylic acid groups (broad SMARTS) is 1. The summed E-state index contributed by atoms with van der Waals surface area (Å²) in [5, 5.41) is 15.9. The predicted molar refractivity (Wildman–Crippen MR) is 170 cm³/mol. The average Bonchev–Trinajstić information content (AvgIpc) is 3.03. The first-order valence-electron chi connectivity index (χ1n) is 14.7. The minimum Gasteiger partial charge on any atom is -0.479 e. The van der Waals surface area contributed by atoms with Crippen LogP contribution in [0, 0.1) is 0 Å². The monoisotopic (exact) mass is 637 g/mol. The topological polar surface area (TPSA) is 151 Å². The van der Waals surface area contributed by atoms with Crippen LogP contribution in [0.5, 0.6) is 0 Å². The fraction of sp³-hybridized carbons (Fsp3) is 0.364. The van der Waals surface area contributed by atoms with E-state index in [2.05, 4.69) is 10.6 Å². The Bertz CT molecular complexity index is 1580. The SMILES string of the molecule is C[C@@H](NC(=O)c1cc(C(=O)N[C@@H](Cc2ccccc2)[C@@H](OC2CCCCO2)C(=O)O)cc(N(C)S(C)(=O)=O)c1)c1ccccc1. The van der Waals surface area contributed by atoms with Crippen molar-refractivity contribution in [2.45, 2.75) is 57.1 Å². The number of hydrogen-bond donors (Lipinski definition) is 3. The maximum Gasteiger partial charge on any atom is 0.335 e. The van der Waals surface area contributed by atoms with Gasteiger partial charge in [0.15, 0.2) is 12.4 Å². The molecular formula is C33H39N3O8S. The number of aliphatic carboxylic acids is 1. The van der Waals surface area contributed by atoms with Crippen LogP contribution in [0.15, 0.2) is 78.9 Å². The molecule has 0 saturated carbocycles. The molecule has 0 spiro atoms. The number of hydrogen-bond acceptors (Lipinski definition) is 7. The fourth-order valence-electron chi connectivity index (χ4n) is 5.01. The molecule has 1 saturated heterocycles. The Kier molecular flexibility index (Phi) is 11.3. The summed E-state index contributed by atoms with van der Waals surface area (Å²) in [7, 11) is -2.44. The molecule has 0 radical (unpaired) electrons. The van der Waals surface area contributed by atoms with Crippen molar-refractivity contribution in [2.24, 2.45) is 0 Å². The molecule has 1 unspecified atom stereocenters. The molecule has 3 aromatic rings. The summed E-state index contributed by atoms with van der Waals surface area (Å²) in [5.41, 5.74) is 1.74. The third-order valence-electron chi connectivity index (χ3n) is 7.61. The largest absolute Gasteiger partial charge is 0.479 e. The van der Waals surface area contributed by atoms with Crippen molar-refractivity contribution in [1.82, 2.24) is 10.6 Å². The smallest absolute Gasteiger partial charge is 0.335 e. The average molecular weight is 638 g/mol. The lowest BCUT2D eigenvalue weighted by Crippen LogP contribution is -2.51. The normalized spacial score (nSPS) is 17.0. The Morgan fingerprint density at radius 2 is 1.56 bits per heavy atom. The molecule has 4 atom stereocenters. The fourth-order valence-corrected chi connectivity index (χ4v) is 5.50. The number of sulfonamides is 1. The number of carbonyl (C=O) groups excluding carboxylic acids is 2. The van der Waals surface area contributed by atoms with Crippen LogP contribution >= 0.6 is 0 Å². The number of carboxylic acids is 1. The van der Waals surface area contributed by atoms with Gasteiger partial charge in [0.2, 0.25) is 10.0 Å². The van der Waals surface area contributed by atoms with Gasteiger partial charge in [0.1, 0.15) is 0 Å². The first kappa shape index (κ1) is 33.6. The van der Waals surface area contributed by atoms with Crippen molar-refractivity contribution in [3.63, 3.8) is 0 Å². The van der Waals surface area contributed by atoms with Crippen LogP contribution in [-0.2, 0) is 30.7 Å². The van der Waals surface area contributed by atoms with Crippen LogP contribution in [0.1, 0.15) is 64.1 Å². The number of rotatable bonds is 13. The minimum absolute atomic E-state index is 0.0309. The second-order valence-electron chi connectivity index (χ2n) is 11.1. The molecule has 1 heterocycles. The van der Waals surface area contributed by atoms with Gasteiger partial charge in [-0.15, -0.1) is 0 Å². The van der Waals surface area contributed by atoms with Crippen LogP contribution in [0.2, 0.25) is 0 Å². The molecule has 1 aliphatic heterocycles. The zero-order valence-corrected chi connectivity index (χ0v) is 26.3. The second kappa shape index (κ2) is 15.2. The highest BCUT2D eigenvalue weighted by Crippen LogP contribution is 2.23. The number of benzene rings is 3. The van der Waals surface area contributed by atoms with Crippen molar-refractivity contribution in [2.75, 3.05) is 24.2 Å². The van der Waals surface area contributed by atoms with Gasteiger partial charge in [0, 0.05) is 24.8 Å². The number of anilines is 1. The van der Waals surface area contributed by atoms with E-state index >= 15 is 0 Å². The van der Waals surface area contributed by atoms with Crippen molar-refractivity contribution >= 4 is 33.5 Å². The maximum absolute atomic E-state index is 13.8. The van der Waals surface area contributed by atoms with Gasteiger partial charge in [0.05, 0.1) is 24.0 Å². The Balaban J connectivity index is 1.67. The Hall–Kier alpha value is -4.26. The van der Waals surface area contributed by atoms with Crippen molar-refractivity contribution in [3.8, 4) is 0 Å². The summed E-state index contributed by atoms with van der Waals surface area (Å²) in [6, 6.07) is 21.0. The van der Waals surface area contributed by atoms with E-state index in [1.54, 1.807) is 12.1 Å². The van der Waals surface area contributed by atoms with Gasteiger partial charge in [-0.05, 0) is 61.9 Å². The molecule has 1 aliphatic rings. The van der Waals surface area contributed by atoms with Crippen LogP contribution in [0.4, 0.5) is 5.69 Å². The van der Waals surface area contributed by atoms with Gasteiger partial charge >= 0.3 is 5.97 Å². The molecular weight excluding hydrogens is 598 g/mol. The number of nitrogens with zero attached hydrogens (tertiary/aromatic N) is 1. The van der Waals surface area contributed by atoms with E-state index in [9.17, 15) is 27.9 Å². The third kappa shape index (κ3) is 9.37. The lowest BCUT2D eigenvalue weighted by molar-refractivity contribution is -0.204. The molecule has 240 valence electrons. The molecule has 45 heavy (non-hydrogen) atoms. The summed E-state index contributed by atoms with van der Waals surface area (Å²) < 4.78 is 37.3. The first-order chi connectivity index (χ1) is 21.4. The van der Waals surface area contributed by atoms with Crippen LogP contribution in [0.3, 0.4) is 0 Å². The Labute approximate surface area is 263 Å². The van der Waals surface area contributed by atoms with Crippen LogP contribution < -0.4 is 14.9 Å². The van der Waals surface area contributed by atoms with Gasteiger partial charge < -0.3 is 25.2 Å². The molecule has 11 nitrogen and oxygen atoms in total. The van der Waals surface area contributed by atoms with Crippen molar-refractivity contribution in [1.29, 1.82) is 0 Å². The van der Waals surface area contributed by atoms with E-state index in [4.69, 9.17) is 9.47 Å². The lowest BCUT2D eigenvalue weighted by atomic mass is 9.99. The van der Waals surface area contributed by atoms with Gasteiger partial charge in [0.25, 0.3) is 11.8 Å². The summed E-state index contributed by atoms with van der Waals surface area (Å²) in [6.07, 6.45) is 1.14.